The summed E-state index contributed by atoms with van der Waals surface area (Å²) in [5, 5.41) is 11.5. The van der Waals surface area contributed by atoms with E-state index < -0.39 is 0 Å². The second kappa shape index (κ2) is 3.62. The number of aromatic nitrogens is 4. The highest BCUT2D eigenvalue weighted by Gasteiger charge is 2.08. The van der Waals surface area contributed by atoms with Gasteiger partial charge in [-0.3, -0.25) is 0 Å². The molecule has 0 N–H and O–H groups in total. The van der Waals surface area contributed by atoms with Crippen molar-refractivity contribution >= 4 is 25.3 Å². The quantitative estimate of drug-likeness (QED) is 0.722. The number of thiol groups is 2. The van der Waals surface area contributed by atoms with Crippen LogP contribution < -0.4 is 0 Å². The Hall–Kier alpha value is -1.01. The molecule has 1 aromatic heterocycles. The van der Waals surface area contributed by atoms with Crippen LogP contribution in [0.2, 0.25) is 0 Å². The number of tetrazole rings is 1. The number of benzene rings is 1. The Morgan fingerprint density at radius 2 is 2.07 bits per heavy atom. The van der Waals surface area contributed by atoms with Crippen LogP contribution in [0.3, 0.4) is 0 Å². The van der Waals surface area contributed by atoms with E-state index in [9.17, 15) is 0 Å². The van der Waals surface area contributed by atoms with Crippen LogP contribution in [0, 0.1) is 6.92 Å². The van der Waals surface area contributed by atoms with E-state index in [1.165, 1.54) is 0 Å². The van der Waals surface area contributed by atoms with Crippen molar-refractivity contribution in [3.8, 4) is 5.69 Å². The molecule has 72 valence electrons. The molecule has 1 aromatic carbocycles. The fourth-order valence-corrected chi connectivity index (χ4v) is 1.57. The summed E-state index contributed by atoms with van der Waals surface area (Å²) in [6.07, 6.45) is 0. The van der Waals surface area contributed by atoms with Crippen LogP contribution >= 0.6 is 25.3 Å². The zero-order chi connectivity index (χ0) is 10.1. The van der Waals surface area contributed by atoms with E-state index in [0.717, 1.165) is 16.1 Å². The smallest absolute Gasteiger partial charge is 0.187 e. The van der Waals surface area contributed by atoms with E-state index in [1.807, 2.05) is 25.1 Å². The van der Waals surface area contributed by atoms with Crippen molar-refractivity contribution in [3.05, 3.63) is 23.8 Å². The van der Waals surface area contributed by atoms with E-state index in [1.54, 1.807) is 4.68 Å². The van der Waals surface area contributed by atoms with E-state index in [4.69, 9.17) is 0 Å². The van der Waals surface area contributed by atoms with Crippen LogP contribution in [0.1, 0.15) is 5.56 Å². The van der Waals surface area contributed by atoms with Gasteiger partial charge in [0.25, 0.3) is 0 Å². The van der Waals surface area contributed by atoms with E-state index in [0.29, 0.717) is 5.16 Å². The summed E-state index contributed by atoms with van der Waals surface area (Å²) >= 11 is 8.47. The molecule has 0 fully saturated rings. The van der Waals surface area contributed by atoms with Crippen LogP contribution in [0.15, 0.2) is 28.3 Å². The molecule has 4 nitrogen and oxygen atoms in total. The molecule has 0 saturated carbocycles. The summed E-state index contributed by atoms with van der Waals surface area (Å²) in [6.45, 7) is 1.96. The van der Waals surface area contributed by atoms with Gasteiger partial charge in [-0.2, -0.15) is 4.68 Å². The van der Waals surface area contributed by atoms with Crippen LogP contribution in [0.4, 0.5) is 0 Å². The second-order valence-electron chi connectivity index (χ2n) is 2.81. The van der Waals surface area contributed by atoms with Gasteiger partial charge in [-0.1, -0.05) is 6.07 Å². The number of hydrogen-bond acceptors (Lipinski definition) is 5. The summed E-state index contributed by atoms with van der Waals surface area (Å²) < 4.78 is 1.57. The SMILES string of the molecule is Cc1c(S)cccc1-n1nnnc1S. The molecule has 0 bridgehead atoms. The van der Waals surface area contributed by atoms with E-state index in [-0.39, 0.29) is 0 Å². The lowest BCUT2D eigenvalue weighted by atomic mass is 10.2. The summed E-state index contributed by atoms with van der Waals surface area (Å²) in [5.41, 5.74) is 1.92. The lowest BCUT2D eigenvalue weighted by Crippen LogP contribution is -2.00. The Labute approximate surface area is 92.1 Å². The van der Waals surface area contributed by atoms with Gasteiger partial charge in [0.1, 0.15) is 0 Å². The minimum Gasteiger partial charge on any atom is -0.187 e. The first-order valence-electron chi connectivity index (χ1n) is 3.96. The van der Waals surface area contributed by atoms with Crippen LogP contribution in [0.5, 0.6) is 0 Å². The molecule has 0 aliphatic heterocycles. The lowest BCUT2D eigenvalue weighted by molar-refractivity contribution is 0.751. The zero-order valence-corrected chi connectivity index (χ0v) is 9.20. The molecule has 0 atom stereocenters. The maximum atomic E-state index is 4.33. The van der Waals surface area contributed by atoms with E-state index in [2.05, 4.69) is 40.8 Å². The Morgan fingerprint density at radius 1 is 1.29 bits per heavy atom. The Bertz CT molecular complexity index is 466. The molecule has 0 spiro atoms. The van der Waals surface area contributed by atoms with Gasteiger partial charge in [0, 0.05) is 4.90 Å². The molecule has 0 amide bonds. The normalized spacial score (nSPS) is 10.5. The van der Waals surface area contributed by atoms with Gasteiger partial charge >= 0.3 is 0 Å². The van der Waals surface area contributed by atoms with Crippen molar-refractivity contribution in [2.75, 3.05) is 0 Å². The van der Waals surface area contributed by atoms with Gasteiger partial charge in [0.15, 0.2) is 0 Å². The summed E-state index contributed by atoms with van der Waals surface area (Å²) in [4.78, 5) is 0.908. The van der Waals surface area contributed by atoms with Crippen molar-refractivity contribution in [1.29, 1.82) is 0 Å². The van der Waals surface area contributed by atoms with Gasteiger partial charge < -0.3 is 0 Å². The van der Waals surface area contributed by atoms with Crippen molar-refractivity contribution in [1.82, 2.24) is 20.2 Å². The highest BCUT2D eigenvalue weighted by atomic mass is 32.1. The highest BCUT2D eigenvalue weighted by Crippen LogP contribution is 2.21. The average Bonchev–Trinajstić information content (AvgIpc) is 2.57. The third kappa shape index (κ3) is 1.51. The van der Waals surface area contributed by atoms with Gasteiger partial charge in [-0.05, 0) is 35.0 Å². The predicted molar refractivity (Wildman–Crippen MR) is 58.4 cm³/mol. The minimum atomic E-state index is 0.465. The zero-order valence-electron chi connectivity index (χ0n) is 7.42. The third-order valence-electron chi connectivity index (χ3n) is 1.96. The second-order valence-corrected chi connectivity index (χ2v) is 3.69. The summed E-state index contributed by atoms with van der Waals surface area (Å²) in [6, 6.07) is 5.75. The molecule has 0 unspecified atom stereocenters. The molecular weight excluding hydrogens is 216 g/mol. The topological polar surface area (TPSA) is 43.6 Å². The van der Waals surface area contributed by atoms with Gasteiger partial charge in [-0.25, -0.2) is 0 Å². The largest absolute Gasteiger partial charge is 0.211 e. The monoisotopic (exact) mass is 224 g/mol. The first-order chi connectivity index (χ1) is 6.70. The molecular formula is C8H8N4S2. The maximum absolute atomic E-state index is 4.33. The Morgan fingerprint density at radius 3 is 2.71 bits per heavy atom. The molecule has 2 rings (SSSR count). The molecule has 14 heavy (non-hydrogen) atoms. The molecule has 0 aliphatic carbocycles. The van der Waals surface area contributed by atoms with Crippen molar-refractivity contribution in [2.24, 2.45) is 0 Å². The third-order valence-corrected chi connectivity index (χ3v) is 2.72. The molecule has 1 heterocycles. The predicted octanol–water partition coefficient (Wildman–Crippen LogP) is 1.55. The first-order valence-corrected chi connectivity index (χ1v) is 4.86. The van der Waals surface area contributed by atoms with Crippen molar-refractivity contribution < 1.29 is 0 Å². The van der Waals surface area contributed by atoms with Crippen LogP contribution in [-0.2, 0) is 0 Å². The lowest BCUT2D eigenvalue weighted by Gasteiger charge is -2.06. The number of nitrogens with zero attached hydrogens (tertiary/aromatic N) is 4. The minimum absolute atomic E-state index is 0.465. The molecule has 6 heteroatoms. The molecule has 0 saturated heterocycles. The molecule has 0 radical (unpaired) electrons. The van der Waals surface area contributed by atoms with Crippen molar-refractivity contribution in [2.45, 2.75) is 17.0 Å². The fourth-order valence-electron chi connectivity index (χ4n) is 1.18. The van der Waals surface area contributed by atoms with Gasteiger partial charge in [0.2, 0.25) is 5.16 Å². The van der Waals surface area contributed by atoms with Crippen molar-refractivity contribution in [3.63, 3.8) is 0 Å². The number of rotatable bonds is 1. The molecule has 0 aliphatic rings. The van der Waals surface area contributed by atoms with Crippen LogP contribution in [-0.4, -0.2) is 20.2 Å². The number of hydrogen-bond donors (Lipinski definition) is 2. The first kappa shape index (κ1) is 9.54. The average molecular weight is 224 g/mol. The highest BCUT2D eigenvalue weighted by molar-refractivity contribution is 7.80. The summed E-state index contributed by atoms with van der Waals surface area (Å²) in [5.74, 6) is 0. The van der Waals surface area contributed by atoms with E-state index >= 15 is 0 Å². The van der Waals surface area contributed by atoms with Gasteiger partial charge in [-0.15, -0.1) is 30.4 Å². The fraction of sp³-hybridized carbons (Fsp3) is 0.125. The summed E-state index contributed by atoms with van der Waals surface area (Å²) in [7, 11) is 0. The Kier molecular flexibility index (Phi) is 2.47. The maximum Gasteiger partial charge on any atom is 0.211 e. The molecule has 2 aromatic rings. The Balaban J connectivity index is 2.63. The standard InChI is InChI=1S/C8H8N4S2/c1-5-6(3-2-4-7(5)13)12-8(14)9-10-11-12/h2-4,13H,1H3,(H,9,11,14). The van der Waals surface area contributed by atoms with Crippen LogP contribution in [0.25, 0.3) is 5.69 Å². The van der Waals surface area contributed by atoms with Gasteiger partial charge in [0.05, 0.1) is 5.69 Å².